The third-order valence-electron chi connectivity index (χ3n) is 2.15. The van der Waals surface area contributed by atoms with Crippen LogP contribution in [0.1, 0.15) is 19.4 Å². The van der Waals surface area contributed by atoms with E-state index in [1.165, 1.54) is 0 Å². The molecule has 5 nitrogen and oxygen atoms in total. The topological polar surface area (TPSA) is 86.2 Å². The van der Waals surface area contributed by atoms with Gasteiger partial charge < -0.3 is 15.7 Å². The summed E-state index contributed by atoms with van der Waals surface area (Å²) in [6, 6.07) is 1.59. The fraction of sp³-hybridized carbons (Fsp3) is 0.455. The van der Waals surface area contributed by atoms with Crippen molar-refractivity contribution in [3.63, 3.8) is 0 Å². The van der Waals surface area contributed by atoms with E-state index in [9.17, 15) is 5.11 Å². The van der Waals surface area contributed by atoms with Gasteiger partial charge in [-0.2, -0.15) is 0 Å². The Hall–Kier alpha value is -1.33. The molecule has 6 heteroatoms. The lowest BCUT2D eigenvalue weighted by Crippen LogP contribution is -2.37. The van der Waals surface area contributed by atoms with Gasteiger partial charge in [0.15, 0.2) is 0 Å². The van der Waals surface area contributed by atoms with Crippen molar-refractivity contribution in [2.45, 2.75) is 19.4 Å². The number of likely N-dealkylation sites (N-methyl/N-ethyl adjacent to an activating group) is 1. The first-order chi connectivity index (χ1) is 7.72. The Bertz CT molecular complexity index is 428. The lowest BCUT2D eigenvalue weighted by Gasteiger charge is -2.27. The third-order valence-corrected chi connectivity index (χ3v) is 2.52. The predicted molar refractivity (Wildman–Crippen MR) is 69.8 cm³/mol. The van der Waals surface area contributed by atoms with Crippen LogP contribution in [0.25, 0.3) is 0 Å². The number of hydrogen-bond donors (Lipinski definition) is 3. The van der Waals surface area contributed by atoms with Crippen molar-refractivity contribution in [2.24, 2.45) is 5.73 Å². The molecule has 0 atom stereocenters. The summed E-state index contributed by atoms with van der Waals surface area (Å²) in [7, 11) is 1.77. The fourth-order valence-electron chi connectivity index (χ4n) is 1.56. The van der Waals surface area contributed by atoms with Crippen molar-refractivity contribution in [3.8, 4) is 0 Å². The highest BCUT2D eigenvalue weighted by atomic mass is 35.5. The first-order valence-corrected chi connectivity index (χ1v) is 5.52. The number of nitrogens with zero attached hydrogens (tertiary/aromatic N) is 2. The average molecular weight is 257 g/mol. The highest BCUT2D eigenvalue weighted by Gasteiger charge is 2.19. The van der Waals surface area contributed by atoms with Crippen LogP contribution in [0.15, 0.2) is 12.3 Å². The Morgan fingerprint density at radius 3 is 2.71 bits per heavy atom. The maximum absolute atomic E-state index is 9.74. The molecule has 0 unspecified atom stereocenters. The molecular weight excluding hydrogens is 240 g/mol. The summed E-state index contributed by atoms with van der Waals surface area (Å²) in [6.07, 6.45) is 1.54. The van der Waals surface area contributed by atoms with Crippen LogP contribution in [-0.4, -0.2) is 35.1 Å². The van der Waals surface area contributed by atoms with Gasteiger partial charge in [0, 0.05) is 25.4 Å². The van der Waals surface area contributed by atoms with Gasteiger partial charge in [-0.3, -0.25) is 5.41 Å². The minimum absolute atomic E-state index is 0.102. The zero-order chi connectivity index (χ0) is 13.2. The van der Waals surface area contributed by atoms with Gasteiger partial charge in [0.05, 0.1) is 10.6 Å². The number of aromatic nitrogens is 1. The molecule has 4 N–H and O–H groups in total. The SMILES string of the molecule is CN(CC(C)(C)O)c1nccc(C(=N)N)c1Cl. The molecule has 1 rings (SSSR count). The van der Waals surface area contributed by atoms with Crippen molar-refractivity contribution in [2.75, 3.05) is 18.5 Å². The molecule has 0 aliphatic carbocycles. The first-order valence-electron chi connectivity index (χ1n) is 5.15. The van der Waals surface area contributed by atoms with Gasteiger partial charge in [-0.1, -0.05) is 11.6 Å². The molecule has 0 saturated heterocycles. The number of hydrogen-bond acceptors (Lipinski definition) is 4. The Labute approximate surface area is 106 Å². The number of aliphatic hydroxyl groups is 1. The van der Waals surface area contributed by atoms with Gasteiger partial charge in [-0.05, 0) is 19.9 Å². The number of rotatable bonds is 4. The molecule has 1 aromatic heterocycles. The second kappa shape index (κ2) is 4.89. The van der Waals surface area contributed by atoms with E-state index in [4.69, 9.17) is 22.7 Å². The van der Waals surface area contributed by atoms with E-state index in [2.05, 4.69) is 4.98 Å². The standard InChI is InChI=1S/C11H17ClN4O/c1-11(2,17)6-16(3)10-8(12)7(9(13)14)4-5-15-10/h4-5,17H,6H2,1-3H3,(H3,13,14). The fourth-order valence-corrected chi connectivity index (χ4v) is 1.92. The quantitative estimate of drug-likeness (QED) is 0.559. The molecule has 0 fully saturated rings. The average Bonchev–Trinajstić information content (AvgIpc) is 2.14. The monoisotopic (exact) mass is 256 g/mol. The lowest BCUT2D eigenvalue weighted by molar-refractivity contribution is 0.0884. The summed E-state index contributed by atoms with van der Waals surface area (Å²) >= 11 is 6.12. The van der Waals surface area contributed by atoms with E-state index < -0.39 is 5.60 Å². The summed E-state index contributed by atoms with van der Waals surface area (Å²) in [5, 5.41) is 17.5. The number of pyridine rings is 1. The number of nitrogens with two attached hydrogens (primary N) is 1. The van der Waals surface area contributed by atoms with Gasteiger partial charge >= 0.3 is 0 Å². The van der Waals surface area contributed by atoms with Crippen LogP contribution in [-0.2, 0) is 0 Å². The molecule has 1 heterocycles. The minimum atomic E-state index is -0.855. The molecule has 94 valence electrons. The van der Waals surface area contributed by atoms with Crippen LogP contribution in [0, 0.1) is 5.41 Å². The van der Waals surface area contributed by atoms with Crippen LogP contribution in [0.4, 0.5) is 5.82 Å². The van der Waals surface area contributed by atoms with E-state index >= 15 is 0 Å². The zero-order valence-electron chi connectivity index (χ0n) is 10.2. The summed E-state index contributed by atoms with van der Waals surface area (Å²) in [5.74, 6) is 0.400. The molecule has 0 aliphatic rings. The van der Waals surface area contributed by atoms with Crippen LogP contribution >= 0.6 is 11.6 Å². The van der Waals surface area contributed by atoms with E-state index in [1.54, 1.807) is 38.1 Å². The van der Waals surface area contributed by atoms with E-state index in [-0.39, 0.29) is 5.84 Å². The van der Waals surface area contributed by atoms with E-state index in [0.29, 0.717) is 22.9 Å². The van der Waals surface area contributed by atoms with Gasteiger partial charge in [-0.25, -0.2) is 4.98 Å². The molecule has 1 aromatic rings. The van der Waals surface area contributed by atoms with Gasteiger partial charge in [0.25, 0.3) is 0 Å². The second-order valence-electron chi connectivity index (χ2n) is 4.58. The third kappa shape index (κ3) is 3.57. The molecule has 0 spiro atoms. The Balaban J connectivity index is 3.07. The molecule has 0 amide bonds. The Kier molecular flexibility index (Phi) is 3.95. The summed E-state index contributed by atoms with van der Waals surface area (Å²) in [6.45, 7) is 3.78. The number of nitrogens with one attached hydrogen (secondary N) is 1. The smallest absolute Gasteiger partial charge is 0.147 e. The molecule has 0 aromatic carbocycles. The number of anilines is 1. The molecule has 0 bridgehead atoms. The molecule has 17 heavy (non-hydrogen) atoms. The van der Waals surface area contributed by atoms with Crippen molar-refractivity contribution < 1.29 is 5.11 Å². The predicted octanol–water partition coefficient (Wildman–Crippen LogP) is 1.23. The lowest BCUT2D eigenvalue weighted by atomic mass is 10.1. The van der Waals surface area contributed by atoms with E-state index in [1.807, 2.05) is 0 Å². The number of halogens is 1. The maximum Gasteiger partial charge on any atom is 0.147 e. The van der Waals surface area contributed by atoms with Crippen LogP contribution in [0.3, 0.4) is 0 Å². The van der Waals surface area contributed by atoms with E-state index in [0.717, 1.165) is 0 Å². The molecule has 0 saturated carbocycles. The summed E-state index contributed by atoms with van der Waals surface area (Å²) in [5.41, 5.74) is 5.00. The van der Waals surface area contributed by atoms with Crippen molar-refractivity contribution in [3.05, 3.63) is 22.8 Å². The Morgan fingerprint density at radius 1 is 1.65 bits per heavy atom. The normalized spacial score (nSPS) is 11.4. The Morgan fingerprint density at radius 2 is 2.24 bits per heavy atom. The molecule has 0 aliphatic heterocycles. The van der Waals surface area contributed by atoms with Gasteiger partial charge in [0.1, 0.15) is 11.7 Å². The van der Waals surface area contributed by atoms with Gasteiger partial charge in [0.2, 0.25) is 0 Å². The van der Waals surface area contributed by atoms with Crippen molar-refractivity contribution in [1.82, 2.24) is 4.98 Å². The van der Waals surface area contributed by atoms with Gasteiger partial charge in [-0.15, -0.1) is 0 Å². The largest absolute Gasteiger partial charge is 0.389 e. The second-order valence-corrected chi connectivity index (χ2v) is 4.96. The highest BCUT2D eigenvalue weighted by molar-refractivity contribution is 6.36. The van der Waals surface area contributed by atoms with Crippen LogP contribution < -0.4 is 10.6 Å². The zero-order valence-corrected chi connectivity index (χ0v) is 10.9. The van der Waals surface area contributed by atoms with Crippen LogP contribution in [0.2, 0.25) is 5.02 Å². The first kappa shape index (κ1) is 13.7. The summed E-state index contributed by atoms with van der Waals surface area (Å²) < 4.78 is 0. The molecular formula is C11H17ClN4O. The van der Waals surface area contributed by atoms with Crippen molar-refractivity contribution in [1.29, 1.82) is 5.41 Å². The number of amidine groups is 1. The van der Waals surface area contributed by atoms with Crippen LogP contribution in [0.5, 0.6) is 0 Å². The number of nitrogen functional groups attached to an aromatic ring is 1. The summed E-state index contributed by atoms with van der Waals surface area (Å²) in [4.78, 5) is 5.87. The maximum atomic E-state index is 9.74. The molecule has 0 radical (unpaired) electrons. The van der Waals surface area contributed by atoms with Crippen molar-refractivity contribution >= 4 is 23.3 Å². The minimum Gasteiger partial charge on any atom is -0.389 e. The highest BCUT2D eigenvalue weighted by Crippen LogP contribution is 2.26.